The summed E-state index contributed by atoms with van der Waals surface area (Å²) in [6, 6.07) is 7.49. The van der Waals surface area contributed by atoms with E-state index in [1.807, 2.05) is 39.0 Å². The highest BCUT2D eigenvalue weighted by atomic mass is 32.1. The van der Waals surface area contributed by atoms with Gasteiger partial charge in [0.1, 0.15) is 10.8 Å². The van der Waals surface area contributed by atoms with Gasteiger partial charge in [-0.1, -0.05) is 12.1 Å². The van der Waals surface area contributed by atoms with Crippen molar-refractivity contribution in [3.8, 4) is 5.75 Å². The Bertz CT molecular complexity index is 766. The molecule has 0 saturated heterocycles. The second-order valence-electron chi connectivity index (χ2n) is 5.54. The van der Waals surface area contributed by atoms with Gasteiger partial charge in [0.2, 0.25) is 0 Å². The first-order valence-corrected chi connectivity index (χ1v) is 8.37. The second kappa shape index (κ2) is 7.49. The molecule has 128 valence electrons. The summed E-state index contributed by atoms with van der Waals surface area (Å²) in [5, 5.41) is 3.26. The summed E-state index contributed by atoms with van der Waals surface area (Å²) >= 11 is 1.35. The summed E-state index contributed by atoms with van der Waals surface area (Å²) < 4.78 is 10.5. The van der Waals surface area contributed by atoms with Crippen LogP contribution in [0.4, 0.5) is 5.00 Å². The highest BCUT2D eigenvalue weighted by Crippen LogP contribution is 2.33. The zero-order valence-corrected chi connectivity index (χ0v) is 15.2. The van der Waals surface area contributed by atoms with Crippen molar-refractivity contribution in [2.75, 3.05) is 12.4 Å². The Kier molecular flexibility index (Phi) is 5.62. The number of hydrogen-bond donors (Lipinski definition) is 1. The zero-order valence-electron chi connectivity index (χ0n) is 14.4. The summed E-state index contributed by atoms with van der Waals surface area (Å²) in [5.41, 5.74) is 2.27. The van der Waals surface area contributed by atoms with Gasteiger partial charge in [0.25, 0.3) is 5.91 Å². The van der Waals surface area contributed by atoms with Crippen LogP contribution in [0.15, 0.2) is 24.3 Å². The average Bonchev–Trinajstić information content (AvgIpc) is 2.81. The first-order chi connectivity index (χ1) is 11.3. The Morgan fingerprint density at radius 1 is 1.21 bits per heavy atom. The van der Waals surface area contributed by atoms with Crippen molar-refractivity contribution in [1.29, 1.82) is 0 Å². The molecule has 1 N–H and O–H groups in total. The van der Waals surface area contributed by atoms with Crippen molar-refractivity contribution >= 4 is 28.2 Å². The molecule has 0 spiro atoms. The van der Waals surface area contributed by atoms with Gasteiger partial charge in [0.05, 0.1) is 12.7 Å². The van der Waals surface area contributed by atoms with E-state index in [4.69, 9.17) is 9.47 Å². The molecular weight excluding hydrogens is 326 g/mol. The summed E-state index contributed by atoms with van der Waals surface area (Å²) in [4.78, 5) is 25.3. The Hall–Kier alpha value is -2.34. The molecule has 0 radical (unpaired) electrons. The molecule has 0 aliphatic rings. The minimum Gasteiger partial charge on any atom is -0.481 e. The lowest BCUT2D eigenvalue weighted by Gasteiger charge is -2.15. The standard InChI is InChI=1S/C18H21NO4S/c1-10-7-6-8-14(9-10)23-12(3)16(20)19-17-15(18(21)22-5)11(2)13(4)24-17/h6-9,12H,1-5H3,(H,19,20). The Balaban J connectivity index is 2.14. The van der Waals surface area contributed by atoms with Crippen LogP contribution in [0.1, 0.15) is 33.3 Å². The summed E-state index contributed by atoms with van der Waals surface area (Å²) in [5.74, 6) is -0.147. The number of thiophene rings is 1. The smallest absolute Gasteiger partial charge is 0.341 e. The summed E-state index contributed by atoms with van der Waals surface area (Å²) in [7, 11) is 1.32. The highest BCUT2D eigenvalue weighted by Gasteiger charge is 2.24. The third-order valence-electron chi connectivity index (χ3n) is 3.68. The van der Waals surface area contributed by atoms with Crippen molar-refractivity contribution < 1.29 is 19.1 Å². The number of benzene rings is 1. The minimum absolute atomic E-state index is 0.317. The first kappa shape index (κ1) is 18.0. The van der Waals surface area contributed by atoms with Crippen LogP contribution < -0.4 is 10.1 Å². The van der Waals surface area contributed by atoms with Gasteiger partial charge in [-0.2, -0.15) is 0 Å². The number of anilines is 1. The molecule has 1 heterocycles. The van der Waals surface area contributed by atoms with Crippen LogP contribution in [0.2, 0.25) is 0 Å². The van der Waals surface area contributed by atoms with Crippen LogP contribution in [0.5, 0.6) is 5.75 Å². The fourth-order valence-corrected chi connectivity index (χ4v) is 3.27. The van der Waals surface area contributed by atoms with Gasteiger partial charge in [0.15, 0.2) is 6.10 Å². The maximum Gasteiger partial charge on any atom is 0.341 e. The van der Waals surface area contributed by atoms with E-state index in [0.717, 1.165) is 16.0 Å². The predicted octanol–water partition coefficient (Wildman–Crippen LogP) is 3.87. The number of rotatable bonds is 5. The van der Waals surface area contributed by atoms with E-state index in [0.29, 0.717) is 16.3 Å². The van der Waals surface area contributed by atoms with Crippen LogP contribution in [-0.4, -0.2) is 25.1 Å². The van der Waals surface area contributed by atoms with Crippen molar-refractivity contribution in [2.24, 2.45) is 0 Å². The van der Waals surface area contributed by atoms with E-state index >= 15 is 0 Å². The lowest BCUT2D eigenvalue weighted by Crippen LogP contribution is -2.30. The Labute approximate surface area is 145 Å². The molecule has 0 saturated carbocycles. The molecule has 6 heteroatoms. The van der Waals surface area contributed by atoms with E-state index in [-0.39, 0.29) is 5.91 Å². The molecule has 1 aromatic carbocycles. The van der Waals surface area contributed by atoms with Crippen molar-refractivity contribution in [3.05, 3.63) is 45.8 Å². The maximum atomic E-state index is 12.4. The first-order valence-electron chi connectivity index (χ1n) is 7.56. The Morgan fingerprint density at radius 3 is 2.54 bits per heavy atom. The van der Waals surface area contributed by atoms with Crippen LogP contribution in [0.25, 0.3) is 0 Å². The highest BCUT2D eigenvalue weighted by molar-refractivity contribution is 7.16. The molecule has 1 atom stereocenters. The van der Waals surface area contributed by atoms with Gasteiger partial charge < -0.3 is 14.8 Å². The largest absolute Gasteiger partial charge is 0.481 e. The lowest BCUT2D eigenvalue weighted by atomic mass is 10.1. The number of methoxy groups -OCH3 is 1. The number of carbonyl (C=O) groups excluding carboxylic acids is 2. The number of hydrogen-bond acceptors (Lipinski definition) is 5. The number of amides is 1. The minimum atomic E-state index is -0.694. The van der Waals surface area contributed by atoms with Gasteiger partial charge in [-0.3, -0.25) is 4.79 Å². The van der Waals surface area contributed by atoms with Gasteiger partial charge in [-0.25, -0.2) is 4.79 Å². The molecule has 0 bridgehead atoms. The normalized spacial score (nSPS) is 11.7. The number of esters is 1. The Morgan fingerprint density at radius 2 is 1.92 bits per heavy atom. The van der Waals surface area contributed by atoms with Gasteiger partial charge >= 0.3 is 5.97 Å². The SMILES string of the molecule is COC(=O)c1c(NC(=O)C(C)Oc2cccc(C)c2)sc(C)c1C. The third kappa shape index (κ3) is 3.94. The maximum absolute atomic E-state index is 12.4. The quantitative estimate of drug-likeness (QED) is 0.834. The molecule has 0 aliphatic carbocycles. The van der Waals surface area contributed by atoms with Crippen molar-refractivity contribution in [2.45, 2.75) is 33.8 Å². The van der Waals surface area contributed by atoms with Gasteiger partial charge in [-0.15, -0.1) is 11.3 Å². The predicted molar refractivity (Wildman–Crippen MR) is 95.0 cm³/mol. The summed E-state index contributed by atoms with van der Waals surface area (Å²) in [6.45, 7) is 7.36. The van der Waals surface area contributed by atoms with Crippen molar-refractivity contribution in [3.63, 3.8) is 0 Å². The van der Waals surface area contributed by atoms with Crippen molar-refractivity contribution in [1.82, 2.24) is 0 Å². The topological polar surface area (TPSA) is 64.6 Å². The van der Waals surface area contributed by atoms with E-state index in [2.05, 4.69) is 5.32 Å². The lowest BCUT2D eigenvalue weighted by molar-refractivity contribution is -0.122. The van der Waals surface area contributed by atoms with Crippen LogP contribution in [-0.2, 0) is 9.53 Å². The molecule has 2 aromatic rings. The molecule has 0 aliphatic heterocycles. The molecule has 24 heavy (non-hydrogen) atoms. The molecule has 1 amide bonds. The second-order valence-corrected chi connectivity index (χ2v) is 6.77. The summed E-state index contributed by atoms with van der Waals surface area (Å²) in [6.07, 6.45) is -0.694. The van der Waals surface area contributed by atoms with Crippen LogP contribution >= 0.6 is 11.3 Å². The number of aryl methyl sites for hydroxylation is 2. The zero-order chi connectivity index (χ0) is 17.9. The molecule has 1 aromatic heterocycles. The monoisotopic (exact) mass is 347 g/mol. The number of carbonyl (C=O) groups is 2. The fourth-order valence-electron chi connectivity index (χ4n) is 2.22. The van der Waals surface area contributed by atoms with Gasteiger partial charge in [0, 0.05) is 4.88 Å². The molecule has 5 nitrogen and oxygen atoms in total. The molecule has 0 fully saturated rings. The van der Waals surface area contributed by atoms with E-state index in [1.54, 1.807) is 13.0 Å². The number of ether oxygens (including phenoxy) is 2. The molecular formula is C18H21NO4S. The average molecular weight is 347 g/mol. The number of nitrogens with one attached hydrogen (secondary N) is 1. The van der Waals surface area contributed by atoms with E-state index in [9.17, 15) is 9.59 Å². The van der Waals surface area contributed by atoms with Crippen LogP contribution in [0, 0.1) is 20.8 Å². The van der Waals surface area contributed by atoms with Crippen LogP contribution in [0.3, 0.4) is 0 Å². The molecule has 1 unspecified atom stereocenters. The molecule has 2 rings (SSSR count). The van der Waals surface area contributed by atoms with E-state index < -0.39 is 12.1 Å². The van der Waals surface area contributed by atoms with Gasteiger partial charge in [-0.05, 0) is 51.0 Å². The third-order valence-corrected chi connectivity index (χ3v) is 4.81. The van der Waals surface area contributed by atoms with E-state index in [1.165, 1.54) is 18.4 Å². The fraction of sp³-hybridized carbons (Fsp3) is 0.333.